The molecule has 19 heavy (non-hydrogen) atoms. The number of hydrogen-bond donors (Lipinski definition) is 1. The van der Waals surface area contributed by atoms with Crippen molar-refractivity contribution in [1.29, 1.82) is 0 Å². The van der Waals surface area contributed by atoms with Crippen LogP contribution in [0, 0.1) is 0 Å². The molecule has 0 aliphatic carbocycles. The fraction of sp³-hybridized carbons (Fsp3) is 0.533. The summed E-state index contributed by atoms with van der Waals surface area (Å²) >= 11 is 0. The van der Waals surface area contributed by atoms with E-state index in [0.717, 1.165) is 18.5 Å². The standard InChI is InChI=1S/C15H19NO3/c1-10(13-8-4-5-9-16-13)18-15-12-7-3-2-6-11(12)14(17)19-15/h2-3,6-7,10,13,15-16H,4-5,8-9H2,1H3. The first-order chi connectivity index (χ1) is 9.25. The van der Waals surface area contributed by atoms with Gasteiger partial charge >= 0.3 is 5.97 Å². The third-order valence-electron chi connectivity index (χ3n) is 3.90. The highest BCUT2D eigenvalue weighted by atomic mass is 16.7. The van der Waals surface area contributed by atoms with Crippen LogP contribution < -0.4 is 5.32 Å². The molecule has 2 heterocycles. The molecule has 1 fully saturated rings. The minimum Gasteiger partial charge on any atom is -0.428 e. The number of hydrogen-bond acceptors (Lipinski definition) is 4. The number of carbonyl (C=O) groups excluding carboxylic acids is 1. The Morgan fingerprint density at radius 3 is 3.00 bits per heavy atom. The number of rotatable bonds is 3. The van der Waals surface area contributed by atoms with Gasteiger partial charge in [0.05, 0.1) is 11.7 Å². The molecule has 2 aliphatic rings. The highest BCUT2D eigenvalue weighted by Gasteiger charge is 2.34. The number of ether oxygens (including phenoxy) is 2. The van der Waals surface area contributed by atoms with E-state index in [2.05, 4.69) is 5.32 Å². The molecule has 102 valence electrons. The average Bonchev–Trinajstić information content (AvgIpc) is 2.77. The lowest BCUT2D eigenvalue weighted by Gasteiger charge is -2.30. The van der Waals surface area contributed by atoms with Gasteiger partial charge in [0.25, 0.3) is 0 Å². The second-order valence-corrected chi connectivity index (χ2v) is 5.22. The molecule has 4 nitrogen and oxygen atoms in total. The lowest BCUT2D eigenvalue weighted by atomic mass is 10.0. The third-order valence-corrected chi connectivity index (χ3v) is 3.90. The van der Waals surface area contributed by atoms with E-state index in [-0.39, 0.29) is 12.1 Å². The number of fused-ring (bicyclic) bond motifs is 1. The second kappa shape index (κ2) is 5.31. The van der Waals surface area contributed by atoms with E-state index in [4.69, 9.17) is 9.47 Å². The molecular formula is C15H19NO3. The van der Waals surface area contributed by atoms with Gasteiger partial charge in [-0.3, -0.25) is 0 Å². The van der Waals surface area contributed by atoms with E-state index in [1.807, 2.05) is 25.1 Å². The van der Waals surface area contributed by atoms with Crippen molar-refractivity contribution in [2.24, 2.45) is 0 Å². The van der Waals surface area contributed by atoms with Gasteiger partial charge in [0, 0.05) is 11.6 Å². The maximum Gasteiger partial charge on any atom is 0.341 e. The Morgan fingerprint density at radius 1 is 1.37 bits per heavy atom. The average molecular weight is 261 g/mol. The van der Waals surface area contributed by atoms with Crippen molar-refractivity contribution in [3.05, 3.63) is 35.4 Å². The fourth-order valence-corrected chi connectivity index (χ4v) is 2.78. The summed E-state index contributed by atoms with van der Waals surface area (Å²) in [6, 6.07) is 7.77. The molecule has 1 aromatic carbocycles. The number of benzene rings is 1. The van der Waals surface area contributed by atoms with Crippen molar-refractivity contribution < 1.29 is 14.3 Å². The van der Waals surface area contributed by atoms with Crippen LogP contribution in [-0.2, 0) is 9.47 Å². The highest BCUT2D eigenvalue weighted by Crippen LogP contribution is 2.32. The van der Waals surface area contributed by atoms with Crippen molar-refractivity contribution in [2.45, 2.75) is 44.6 Å². The van der Waals surface area contributed by atoms with Crippen LogP contribution in [0.15, 0.2) is 24.3 Å². The van der Waals surface area contributed by atoms with Crippen molar-refractivity contribution in [2.75, 3.05) is 6.54 Å². The van der Waals surface area contributed by atoms with Gasteiger partial charge in [0.15, 0.2) is 0 Å². The van der Waals surface area contributed by atoms with Crippen LogP contribution in [0.5, 0.6) is 0 Å². The zero-order chi connectivity index (χ0) is 13.2. The molecular weight excluding hydrogens is 242 g/mol. The van der Waals surface area contributed by atoms with Crippen LogP contribution in [0.3, 0.4) is 0 Å². The first-order valence-corrected chi connectivity index (χ1v) is 6.94. The summed E-state index contributed by atoms with van der Waals surface area (Å²) in [5, 5.41) is 3.46. The van der Waals surface area contributed by atoms with Gasteiger partial charge in [0.1, 0.15) is 0 Å². The zero-order valence-corrected chi connectivity index (χ0v) is 11.1. The highest BCUT2D eigenvalue weighted by molar-refractivity contribution is 5.93. The summed E-state index contributed by atoms with van der Waals surface area (Å²) in [6.45, 7) is 3.08. The number of nitrogens with one attached hydrogen (secondary N) is 1. The van der Waals surface area contributed by atoms with Gasteiger partial charge in [0.2, 0.25) is 6.29 Å². The lowest BCUT2D eigenvalue weighted by Crippen LogP contribution is -2.43. The molecule has 1 aromatic rings. The maximum atomic E-state index is 11.7. The largest absolute Gasteiger partial charge is 0.428 e. The lowest BCUT2D eigenvalue weighted by molar-refractivity contribution is -0.141. The summed E-state index contributed by atoms with van der Waals surface area (Å²) < 4.78 is 11.2. The van der Waals surface area contributed by atoms with E-state index in [1.165, 1.54) is 12.8 Å². The number of piperidine rings is 1. The van der Waals surface area contributed by atoms with Crippen LogP contribution in [0.25, 0.3) is 0 Å². The van der Waals surface area contributed by atoms with Gasteiger partial charge < -0.3 is 14.8 Å². The summed E-state index contributed by atoms with van der Waals surface area (Å²) in [5.41, 5.74) is 1.46. The molecule has 0 radical (unpaired) electrons. The summed E-state index contributed by atoms with van der Waals surface area (Å²) in [6.07, 6.45) is 3.05. The number of esters is 1. The van der Waals surface area contributed by atoms with E-state index in [1.54, 1.807) is 6.07 Å². The van der Waals surface area contributed by atoms with Gasteiger partial charge in [-0.1, -0.05) is 24.6 Å². The number of cyclic esters (lactones) is 1. The molecule has 0 amide bonds. The molecule has 0 spiro atoms. The topological polar surface area (TPSA) is 47.6 Å². The van der Waals surface area contributed by atoms with Crippen LogP contribution >= 0.6 is 0 Å². The molecule has 0 aromatic heterocycles. The van der Waals surface area contributed by atoms with Crippen molar-refractivity contribution in [1.82, 2.24) is 5.32 Å². The molecule has 4 heteroatoms. The van der Waals surface area contributed by atoms with Crippen LogP contribution in [0.4, 0.5) is 0 Å². The Bertz CT molecular complexity index is 468. The molecule has 2 aliphatic heterocycles. The normalized spacial score (nSPS) is 27.7. The Balaban J connectivity index is 1.69. The first-order valence-electron chi connectivity index (χ1n) is 6.94. The molecule has 1 saturated heterocycles. The van der Waals surface area contributed by atoms with Gasteiger partial charge in [-0.15, -0.1) is 0 Å². The predicted octanol–water partition coefficient (Wildman–Crippen LogP) is 2.40. The summed E-state index contributed by atoms with van der Waals surface area (Å²) in [5.74, 6) is -0.288. The van der Waals surface area contributed by atoms with Gasteiger partial charge in [-0.2, -0.15) is 0 Å². The third kappa shape index (κ3) is 2.51. The SMILES string of the molecule is CC(OC1OC(=O)c2ccccc21)C1CCCCN1. The Morgan fingerprint density at radius 2 is 2.21 bits per heavy atom. The monoisotopic (exact) mass is 261 g/mol. The maximum absolute atomic E-state index is 11.7. The van der Waals surface area contributed by atoms with Crippen molar-refractivity contribution in [3.63, 3.8) is 0 Å². The van der Waals surface area contributed by atoms with E-state index >= 15 is 0 Å². The van der Waals surface area contributed by atoms with Crippen molar-refractivity contribution in [3.8, 4) is 0 Å². The van der Waals surface area contributed by atoms with E-state index in [0.29, 0.717) is 11.6 Å². The first kappa shape index (κ1) is 12.6. The van der Waals surface area contributed by atoms with Crippen LogP contribution in [0.2, 0.25) is 0 Å². The minimum atomic E-state index is -0.553. The molecule has 3 rings (SSSR count). The molecule has 3 unspecified atom stereocenters. The van der Waals surface area contributed by atoms with E-state index in [9.17, 15) is 4.79 Å². The van der Waals surface area contributed by atoms with E-state index < -0.39 is 6.29 Å². The van der Waals surface area contributed by atoms with Crippen LogP contribution in [0.1, 0.15) is 48.4 Å². The Kier molecular flexibility index (Phi) is 3.53. The molecule has 0 bridgehead atoms. The molecule has 0 saturated carbocycles. The van der Waals surface area contributed by atoms with Gasteiger partial charge in [-0.25, -0.2) is 4.79 Å². The fourth-order valence-electron chi connectivity index (χ4n) is 2.78. The zero-order valence-electron chi connectivity index (χ0n) is 11.1. The molecule has 1 N–H and O–H groups in total. The minimum absolute atomic E-state index is 0.0317. The predicted molar refractivity (Wildman–Crippen MR) is 70.8 cm³/mol. The molecule has 3 atom stereocenters. The Hall–Kier alpha value is -1.39. The summed E-state index contributed by atoms with van der Waals surface area (Å²) in [4.78, 5) is 11.7. The smallest absolute Gasteiger partial charge is 0.341 e. The number of carbonyl (C=O) groups is 1. The van der Waals surface area contributed by atoms with Gasteiger partial charge in [-0.05, 0) is 32.4 Å². The Labute approximate surface area is 113 Å². The second-order valence-electron chi connectivity index (χ2n) is 5.22. The van der Waals surface area contributed by atoms with Crippen molar-refractivity contribution >= 4 is 5.97 Å². The van der Waals surface area contributed by atoms with Crippen LogP contribution in [-0.4, -0.2) is 24.7 Å². The quantitative estimate of drug-likeness (QED) is 0.849. The summed E-state index contributed by atoms with van der Waals surface area (Å²) in [7, 11) is 0.